The first kappa shape index (κ1) is 12.7. The minimum Gasteiger partial charge on any atom is -0.398 e. The van der Waals surface area contributed by atoms with Crippen LogP contribution in [-0.2, 0) is 6.54 Å². The van der Waals surface area contributed by atoms with Crippen molar-refractivity contribution in [3.63, 3.8) is 0 Å². The van der Waals surface area contributed by atoms with Gasteiger partial charge < -0.3 is 10.6 Å². The van der Waals surface area contributed by atoms with E-state index < -0.39 is 0 Å². The van der Waals surface area contributed by atoms with Crippen molar-refractivity contribution < 1.29 is 0 Å². The van der Waals surface area contributed by atoms with E-state index in [1.165, 1.54) is 18.5 Å². The number of hydrogen-bond acceptors (Lipinski definition) is 3. The van der Waals surface area contributed by atoms with Crippen molar-refractivity contribution in [1.82, 2.24) is 9.80 Å². The average molecular weight is 254 g/mol. The summed E-state index contributed by atoms with van der Waals surface area (Å²) in [5, 5.41) is 0.710. The van der Waals surface area contributed by atoms with Gasteiger partial charge in [-0.05, 0) is 44.3 Å². The summed E-state index contributed by atoms with van der Waals surface area (Å²) in [5.74, 6) is 0. The molecule has 3 nitrogen and oxygen atoms in total. The van der Waals surface area contributed by atoms with E-state index >= 15 is 0 Å². The molecule has 0 aromatic heterocycles. The summed E-state index contributed by atoms with van der Waals surface area (Å²) in [5.41, 5.74) is 7.96. The highest BCUT2D eigenvalue weighted by Gasteiger charge is 2.13. The lowest BCUT2D eigenvalue weighted by Gasteiger charge is -2.21. The fourth-order valence-corrected chi connectivity index (χ4v) is 2.39. The molecule has 1 heterocycles. The van der Waals surface area contributed by atoms with Gasteiger partial charge in [0, 0.05) is 30.3 Å². The normalized spacial score (nSPS) is 19.2. The number of nitrogens with two attached hydrogens (primary N) is 1. The van der Waals surface area contributed by atoms with Crippen LogP contribution in [0.25, 0.3) is 0 Å². The van der Waals surface area contributed by atoms with Crippen LogP contribution in [0.3, 0.4) is 0 Å². The fourth-order valence-electron chi connectivity index (χ4n) is 2.21. The second-order valence-electron chi connectivity index (χ2n) is 4.78. The number of nitrogens with zero attached hydrogens (tertiary/aromatic N) is 2. The van der Waals surface area contributed by atoms with Crippen LogP contribution in [-0.4, -0.2) is 43.0 Å². The molecule has 1 aromatic carbocycles. The van der Waals surface area contributed by atoms with Gasteiger partial charge in [0.15, 0.2) is 0 Å². The first-order valence-corrected chi connectivity index (χ1v) is 6.48. The second kappa shape index (κ2) is 5.71. The Morgan fingerprint density at radius 3 is 2.82 bits per heavy atom. The Labute approximate surface area is 108 Å². The largest absolute Gasteiger partial charge is 0.398 e. The van der Waals surface area contributed by atoms with E-state index in [1.807, 2.05) is 18.2 Å². The van der Waals surface area contributed by atoms with Crippen LogP contribution >= 0.6 is 11.6 Å². The summed E-state index contributed by atoms with van der Waals surface area (Å²) in [6, 6.07) is 5.78. The minimum absolute atomic E-state index is 0.710. The summed E-state index contributed by atoms with van der Waals surface area (Å²) in [4.78, 5) is 4.84. The van der Waals surface area contributed by atoms with E-state index in [-0.39, 0.29) is 0 Å². The maximum Gasteiger partial charge on any atom is 0.0426 e. The summed E-state index contributed by atoms with van der Waals surface area (Å²) in [6.45, 7) is 5.50. The van der Waals surface area contributed by atoms with E-state index in [4.69, 9.17) is 17.3 Å². The quantitative estimate of drug-likeness (QED) is 0.819. The van der Waals surface area contributed by atoms with Crippen molar-refractivity contribution in [3.05, 3.63) is 28.8 Å². The van der Waals surface area contributed by atoms with E-state index in [2.05, 4.69) is 16.8 Å². The summed E-state index contributed by atoms with van der Waals surface area (Å²) in [6.07, 6.45) is 1.23. The number of benzene rings is 1. The van der Waals surface area contributed by atoms with Crippen LogP contribution in [0.4, 0.5) is 5.69 Å². The van der Waals surface area contributed by atoms with E-state index in [9.17, 15) is 0 Å². The topological polar surface area (TPSA) is 32.5 Å². The molecule has 1 fully saturated rings. The second-order valence-corrected chi connectivity index (χ2v) is 5.21. The fraction of sp³-hybridized carbons (Fsp3) is 0.538. The van der Waals surface area contributed by atoms with Gasteiger partial charge in [0.05, 0.1) is 0 Å². The molecule has 4 heteroatoms. The molecule has 0 bridgehead atoms. The first-order valence-electron chi connectivity index (χ1n) is 6.10. The number of anilines is 1. The molecule has 0 atom stereocenters. The Morgan fingerprint density at radius 2 is 2.06 bits per heavy atom. The smallest absolute Gasteiger partial charge is 0.0426 e. The molecule has 0 aliphatic carbocycles. The number of rotatable bonds is 2. The van der Waals surface area contributed by atoms with Crippen molar-refractivity contribution in [1.29, 1.82) is 0 Å². The van der Waals surface area contributed by atoms with Crippen molar-refractivity contribution in [2.45, 2.75) is 13.0 Å². The Balaban J connectivity index is 2.00. The van der Waals surface area contributed by atoms with Gasteiger partial charge in [-0.2, -0.15) is 0 Å². The molecular formula is C13H20ClN3. The molecule has 2 N–H and O–H groups in total. The van der Waals surface area contributed by atoms with Crippen LogP contribution < -0.4 is 5.73 Å². The number of hydrogen-bond donors (Lipinski definition) is 1. The summed E-state index contributed by atoms with van der Waals surface area (Å²) >= 11 is 5.90. The zero-order valence-electron chi connectivity index (χ0n) is 10.3. The summed E-state index contributed by atoms with van der Waals surface area (Å²) < 4.78 is 0. The van der Waals surface area contributed by atoms with Crippen LogP contribution in [0.1, 0.15) is 12.0 Å². The molecule has 0 spiro atoms. The third kappa shape index (κ3) is 3.60. The highest BCUT2D eigenvalue weighted by Crippen LogP contribution is 2.20. The predicted octanol–water partition coefficient (Wildman–Crippen LogP) is 2.06. The van der Waals surface area contributed by atoms with Gasteiger partial charge in [-0.1, -0.05) is 17.7 Å². The standard InChI is InChI=1S/C13H20ClN3/c1-16-5-2-6-17(8-7-16)10-11-3-4-12(14)9-13(11)15/h3-4,9H,2,5-8,10,15H2,1H3. The van der Waals surface area contributed by atoms with Crippen molar-refractivity contribution in [2.75, 3.05) is 39.0 Å². The lowest BCUT2D eigenvalue weighted by atomic mass is 10.1. The monoisotopic (exact) mass is 253 g/mol. The van der Waals surface area contributed by atoms with Gasteiger partial charge in [0.25, 0.3) is 0 Å². The predicted molar refractivity (Wildman–Crippen MR) is 73.3 cm³/mol. The van der Waals surface area contributed by atoms with Crippen molar-refractivity contribution in [3.8, 4) is 0 Å². The Bertz CT molecular complexity index is 381. The minimum atomic E-state index is 0.710. The molecular weight excluding hydrogens is 234 g/mol. The molecule has 0 radical (unpaired) electrons. The van der Waals surface area contributed by atoms with Gasteiger partial charge in [0.2, 0.25) is 0 Å². The first-order chi connectivity index (χ1) is 8.15. The van der Waals surface area contributed by atoms with Crippen molar-refractivity contribution >= 4 is 17.3 Å². The highest BCUT2D eigenvalue weighted by molar-refractivity contribution is 6.30. The zero-order chi connectivity index (χ0) is 12.3. The van der Waals surface area contributed by atoms with E-state index in [1.54, 1.807) is 0 Å². The molecule has 17 heavy (non-hydrogen) atoms. The van der Waals surface area contributed by atoms with E-state index in [0.29, 0.717) is 5.02 Å². The maximum absolute atomic E-state index is 5.98. The highest BCUT2D eigenvalue weighted by atomic mass is 35.5. The molecule has 1 aliphatic heterocycles. The Kier molecular flexibility index (Phi) is 4.26. The number of likely N-dealkylation sites (N-methyl/N-ethyl adjacent to an activating group) is 1. The third-order valence-electron chi connectivity index (χ3n) is 3.31. The zero-order valence-corrected chi connectivity index (χ0v) is 11.1. The molecule has 2 rings (SSSR count). The van der Waals surface area contributed by atoms with Gasteiger partial charge in [-0.15, -0.1) is 0 Å². The van der Waals surface area contributed by atoms with E-state index in [0.717, 1.165) is 31.9 Å². The van der Waals surface area contributed by atoms with Crippen molar-refractivity contribution in [2.24, 2.45) is 0 Å². The van der Waals surface area contributed by atoms with Crippen LogP contribution in [0.15, 0.2) is 18.2 Å². The van der Waals surface area contributed by atoms with Crippen LogP contribution in [0.2, 0.25) is 5.02 Å². The molecule has 1 aliphatic rings. The molecule has 0 amide bonds. The lowest BCUT2D eigenvalue weighted by molar-refractivity contribution is 0.269. The third-order valence-corrected chi connectivity index (χ3v) is 3.55. The Morgan fingerprint density at radius 1 is 1.24 bits per heavy atom. The molecule has 94 valence electrons. The average Bonchev–Trinajstić information content (AvgIpc) is 2.48. The van der Waals surface area contributed by atoms with Gasteiger partial charge in [0.1, 0.15) is 0 Å². The molecule has 1 aromatic rings. The summed E-state index contributed by atoms with van der Waals surface area (Å²) in [7, 11) is 2.18. The van der Waals surface area contributed by atoms with Crippen LogP contribution in [0.5, 0.6) is 0 Å². The van der Waals surface area contributed by atoms with Gasteiger partial charge in [-0.3, -0.25) is 4.90 Å². The number of halogens is 1. The van der Waals surface area contributed by atoms with Gasteiger partial charge in [-0.25, -0.2) is 0 Å². The Hall–Kier alpha value is -0.770. The molecule has 0 saturated carbocycles. The SMILES string of the molecule is CN1CCCN(Cc2ccc(Cl)cc2N)CC1. The maximum atomic E-state index is 5.98. The van der Waals surface area contributed by atoms with Crippen LogP contribution in [0, 0.1) is 0 Å². The lowest BCUT2D eigenvalue weighted by Crippen LogP contribution is -2.28. The number of nitrogen functional groups attached to an aromatic ring is 1. The van der Waals surface area contributed by atoms with Gasteiger partial charge >= 0.3 is 0 Å². The molecule has 0 unspecified atom stereocenters. The molecule has 1 saturated heterocycles.